The summed E-state index contributed by atoms with van der Waals surface area (Å²) in [6.45, 7) is 0. The Labute approximate surface area is 128 Å². The number of carbonyl (C=O) groups excluding carboxylic acids is 2. The molecule has 2 aromatic rings. The van der Waals surface area contributed by atoms with E-state index in [1.54, 1.807) is 30.3 Å². The minimum atomic E-state index is -0.491. The fraction of sp³-hybridized carbons (Fsp3) is 0.235. The summed E-state index contributed by atoms with van der Waals surface area (Å²) in [5.74, 6) is -0.713. The summed E-state index contributed by atoms with van der Waals surface area (Å²) in [5, 5.41) is 0. The Morgan fingerprint density at radius 2 is 1.82 bits per heavy atom. The molecule has 112 valence electrons. The van der Waals surface area contributed by atoms with Crippen molar-refractivity contribution in [3.05, 3.63) is 58.9 Å². The number of hydrogen-bond donors (Lipinski definition) is 0. The van der Waals surface area contributed by atoms with Gasteiger partial charge in [0.05, 0.1) is 12.7 Å². The lowest BCUT2D eigenvalue weighted by Crippen LogP contribution is -2.35. The van der Waals surface area contributed by atoms with Gasteiger partial charge in [0, 0.05) is 18.9 Å². The third-order valence-corrected chi connectivity index (χ3v) is 3.89. The molecule has 0 spiro atoms. The standard InChI is InChI=1S/C17H16NO4/c1-18-12-8-9-13(18)15(17(20)21-2)14(10-12)22-16(19)11-6-4-3-5-7-11/h3-7,10H,8-9H2,1-2H3/q+1. The van der Waals surface area contributed by atoms with Crippen LogP contribution in [0, 0.1) is 0 Å². The zero-order valence-corrected chi connectivity index (χ0v) is 12.5. The van der Waals surface area contributed by atoms with E-state index < -0.39 is 11.9 Å². The zero-order chi connectivity index (χ0) is 15.7. The molecule has 1 aromatic carbocycles. The molecule has 22 heavy (non-hydrogen) atoms. The average Bonchev–Trinajstić information content (AvgIpc) is 2.78. The minimum Gasteiger partial charge on any atom is -0.465 e. The molecule has 0 radical (unpaired) electrons. The monoisotopic (exact) mass is 298 g/mol. The fourth-order valence-electron chi connectivity index (χ4n) is 2.72. The van der Waals surface area contributed by atoms with Crippen LogP contribution in [0.1, 0.15) is 32.1 Å². The van der Waals surface area contributed by atoms with Gasteiger partial charge in [-0.3, -0.25) is 0 Å². The smallest absolute Gasteiger partial charge is 0.348 e. The van der Waals surface area contributed by atoms with E-state index in [9.17, 15) is 9.59 Å². The molecule has 1 aliphatic heterocycles. The molecule has 2 heterocycles. The quantitative estimate of drug-likeness (QED) is 0.638. The van der Waals surface area contributed by atoms with Crippen LogP contribution in [0.4, 0.5) is 0 Å². The molecule has 5 heteroatoms. The van der Waals surface area contributed by atoms with Crippen LogP contribution in [0.25, 0.3) is 0 Å². The van der Waals surface area contributed by atoms with Crippen LogP contribution >= 0.6 is 0 Å². The highest BCUT2D eigenvalue weighted by molar-refractivity contribution is 5.96. The number of nitrogens with zero attached hydrogens (tertiary/aromatic N) is 1. The second kappa shape index (κ2) is 5.60. The number of pyridine rings is 1. The first-order valence-corrected chi connectivity index (χ1v) is 7.02. The van der Waals surface area contributed by atoms with Crippen LogP contribution in [0.2, 0.25) is 0 Å². The van der Waals surface area contributed by atoms with E-state index in [4.69, 9.17) is 9.47 Å². The molecule has 0 atom stereocenters. The van der Waals surface area contributed by atoms with Crippen molar-refractivity contribution in [2.75, 3.05) is 7.11 Å². The lowest BCUT2D eigenvalue weighted by atomic mass is 10.1. The predicted octanol–water partition coefficient (Wildman–Crippen LogP) is 1.62. The summed E-state index contributed by atoms with van der Waals surface area (Å²) >= 11 is 0. The van der Waals surface area contributed by atoms with E-state index in [1.807, 2.05) is 17.7 Å². The molecule has 1 aliphatic rings. The van der Waals surface area contributed by atoms with Crippen LogP contribution in [0.15, 0.2) is 36.4 Å². The number of esters is 2. The molecule has 0 fully saturated rings. The minimum absolute atomic E-state index is 0.265. The van der Waals surface area contributed by atoms with E-state index in [1.165, 1.54) is 7.11 Å². The number of aromatic nitrogens is 1. The highest BCUT2D eigenvalue weighted by atomic mass is 16.5. The van der Waals surface area contributed by atoms with Crippen LogP contribution in [-0.2, 0) is 24.6 Å². The Balaban J connectivity index is 2.01. The molecular weight excluding hydrogens is 282 g/mol. The first kappa shape index (κ1) is 14.3. The van der Waals surface area contributed by atoms with Crippen molar-refractivity contribution in [3.63, 3.8) is 0 Å². The van der Waals surface area contributed by atoms with Gasteiger partial charge in [-0.25, -0.2) is 14.2 Å². The number of aryl methyl sites for hydroxylation is 1. The zero-order valence-electron chi connectivity index (χ0n) is 12.5. The van der Waals surface area contributed by atoms with Crippen LogP contribution in [0.3, 0.4) is 0 Å². The van der Waals surface area contributed by atoms with Gasteiger partial charge in [-0.1, -0.05) is 18.2 Å². The summed E-state index contributed by atoms with van der Waals surface area (Å²) in [6.07, 6.45) is 1.55. The van der Waals surface area contributed by atoms with Gasteiger partial charge in [-0.05, 0) is 12.1 Å². The van der Waals surface area contributed by atoms with Gasteiger partial charge in [0.25, 0.3) is 0 Å². The number of ether oxygens (including phenoxy) is 2. The van der Waals surface area contributed by atoms with Crippen molar-refractivity contribution in [3.8, 4) is 5.75 Å². The number of hydrogen-bond acceptors (Lipinski definition) is 4. The molecule has 3 rings (SSSR count). The van der Waals surface area contributed by atoms with Gasteiger partial charge in [-0.15, -0.1) is 0 Å². The Kier molecular flexibility index (Phi) is 3.63. The largest absolute Gasteiger partial charge is 0.465 e. The molecule has 0 N–H and O–H groups in total. The maximum absolute atomic E-state index is 12.2. The number of carbonyl (C=O) groups is 2. The predicted molar refractivity (Wildman–Crippen MR) is 77.8 cm³/mol. The fourth-order valence-corrected chi connectivity index (χ4v) is 2.72. The second-order valence-electron chi connectivity index (χ2n) is 5.13. The molecule has 0 saturated carbocycles. The maximum Gasteiger partial charge on any atom is 0.348 e. The highest BCUT2D eigenvalue weighted by Gasteiger charge is 2.34. The van der Waals surface area contributed by atoms with Gasteiger partial charge in [0.2, 0.25) is 0 Å². The summed E-state index contributed by atoms with van der Waals surface area (Å²) in [7, 11) is 3.22. The number of rotatable bonds is 3. The van der Waals surface area contributed by atoms with Crippen molar-refractivity contribution in [1.82, 2.24) is 0 Å². The number of fused-ring (bicyclic) bond motifs is 2. The van der Waals surface area contributed by atoms with E-state index >= 15 is 0 Å². The first-order valence-electron chi connectivity index (χ1n) is 7.02. The summed E-state index contributed by atoms with van der Waals surface area (Å²) in [5.41, 5.74) is 2.63. The van der Waals surface area contributed by atoms with Crippen molar-refractivity contribution in [2.24, 2.45) is 7.05 Å². The van der Waals surface area contributed by atoms with Crippen molar-refractivity contribution in [2.45, 2.75) is 12.8 Å². The molecular formula is C17H16NO4+. The third kappa shape index (κ3) is 2.35. The van der Waals surface area contributed by atoms with Crippen LogP contribution < -0.4 is 9.30 Å². The van der Waals surface area contributed by atoms with Gasteiger partial charge >= 0.3 is 11.9 Å². The van der Waals surface area contributed by atoms with E-state index in [0.29, 0.717) is 11.1 Å². The lowest BCUT2D eigenvalue weighted by Gasteiger charge is -2.09. The van der Waals surface area contributed by atoms with Gasteiger partial charge in [0.15, 0.2) is 22.7 Å². The molecule has 0 saturated heterocycles. The number of methoxy groups -OCH3 is 1. The summed E-state index contributed by atoms with van der Waals surface area (Å²) < 4.78 is 12.2. The van der Waals surface area contributed by atoms with Crippen molar-refractivity contribution < 1.29 is 23.6 Å². The third-order valence-electron chi connectivity index (χ3n) is 3.89. The van der Waals surface area contributed by atoms with Gasteiger partial charge in [-0.2, -0.15) is 0 Å². The molecule has 0 aliphatic carbocycles. The molecule has 2 bridgehead atoms. The van der Waals surface area contributed by atoms with Crippen molar-refractivity contribution >= 4 is 11.9 Å². The summed E-state index contributed by atoms with van der Waals surface area (Å²) in [4.78, 5) is 24.3. The molecule has 1 aromatic heterocycles. The van der Waals surface area contributed by atoms with Gasteiger partial charge in [0.1, 0.15) is 7.05 Å². The lowest BCUT2D eigenvalue weighted by molar-refractivity contribution is -0.677. The van der Waals surface area contributed by atoms with Crippen LogP contribution in [-0.4, -0.2) is 19.0 Å². The Bertz CT molecular complexity index is 753. The van der Waals surface area contributed by atoms with E-state index in [2.05, 4.69) is 0 Å². The second-order valence-corrected chi connectivity index (χ2v) is 5.13. The summed E-state index contributed by atoms with van der Waals surface area (Å²) in [6, 6.07) is 10.4. The van der Waals surface area contributed by atoms with Crippen LogP contribution in [0.5, 0.6) is 5.75 Å². The maximum atomic E-state index is 12.2. The molecule has 0 amide bonds. The number of benzene rings is 1. The normalized spacial score (nSPS) is 12.1. The highest BCUT2D eigenvalue weighted by Crippen LogP contribution is 2.28. The van der Waals surface area contributed by atoms with Gasteiger partial charge < -0.3 is 9.47 Å². The molecule has 0 unspecified atom stereocenters. The molecule has 5 nitrogen and oxygen atoms in total. The Hall–Kier alpha value is -2.69. The Morgan fingerprint density at radius 3 is 2.50 bits per heavy atom. The Morgan fingerprint density at radius 1 is 1.09 bits per heavy atom. The average molecular weight is 298 g/mol. The van der Waals surface area contributed by atoms with E-state index in [-0.39, 0.29) is 5.75 Å². The van der Waals surface area contributed by atoms with E-state index in [0.717, 1.165) is 24.2 Å². The topological polar surface area (TPSA) is 56.5 Å². The van der Waals surface area contributed by atoms with Crippen molar-refractivity contribution in [1.29, 1.82) is 0 Å². The SMILES string of the molecule is COC(=O)c1c(OC(=O)c2ccccc2)cc2[n+](C)c1CC2. The first-order chi connectivity index (χ1) is 10.6.